The number of nitro groups is 1. The lowest BCUT2D eigenvalue weighted by atomic mass is 10.2. The summed E-state index contributed by atoms with van der Waals surface area (Å²) in [7, 11) is 1.33. The van der Waals surface area contributed by atoms with Crippen LogP contribution in [-0.2, 0) is 9.53 Å². The Morgan fingerprint density at radius 3 is 2.71 bits per heavy atom. The zero-order valence-corrected chi connectivity index (χ0v) is 12.8. The zero-order valence-electron chi connectivity index (χ0n) is 12.8. The molecule has 0 fully saturated rings. The molecule has 2 aromatic rings. The van der Waals surface area contributed by atoms with Gasteiger partial charge < -0.3 is 13.9 Å². The maximum atomic E-state index is 11.9. The smallest absolute Gasteiger partial charge is 0.363 e. The van der Waals surface area contributed by atoms with Gasteiger partial charge in [0.2, 0.25) is 5.90 Å². The maximum Gasteiger partial charge on any atom is 0.363 e. The highest BCUT2D eigenvalue weighted by atomic mass is 16.6. The van der Waals surface area contributed by atoms with Crippen LogP contribution >= 0.6 is 0 Å². The van der Waals surface area contributed by atoms with Crippen molar-refractivity contribution in [3.63, 3.8) is 0 Å². The number of hydrogen-bond donors (Lipinski definition) is 0. The lowest BCUT2D eigenvalue weighted by Crippen LogP contribution is -2.06. The molecule has 1 aromatic carbocycles. The summed E-state index contributed by atoms with van der Waals surface area (Å²) in [5.41, 5.74) is 0.112. The summed E-state index contributed by atoms with van der Waals surface area (Å²) >= 11 is 0. The van der Waals surface area contributed by atoms with Crippen LogP contribution < -0.4 is 4.74 Å². The summed E-state index contributed by atoms with van der Waals surface area (Å²) in [5, 5.41) is 11.1. The molecule has 1 aliphatic heterocycles. The molecular formula is C16H12N2O6. The zero-order chi connectivity index (χ0) is 17.3. The molecule has 0 saturated carbocycles. The number of aliphatic imine (C=N–C) groups is 1. The number of cyclic esters (lactones) is 1. The molecule has 3 rings (SSSR count). The number of rotatable bonds is 4. The number of carbonyl (C=O) groups is 1. The van der Waals surface area contributed by atoms with Crippen LogP contribution in [0.1, 0.15) is 17.1 Å². The average Bonchev–Trinajstić information content (AvgIpc) is 3.13. The monoisotopic (exact) mass is 328 g/mol. The van der Waals surface area contributed by atoms with Gasteiger partial charge in [0.25, 0.3) is 0 Å². The van der Waals surface area contributed by atoms with Crippen molar-refractivity contribution in [2.24, 2.45) is 4.99 Å². The van der Waals surface area contributed by atoms with E-state index >= 15 is 0 Å². The number of nitro benzene ring substituents is 1. The van der Waals surface area contributed by atoms with Crippen LogP contribution in [0, 0.1) is 17.0 Å². The molecule has 0 bridgehead atoms. The minimum absolute atomic E-state index is 0.0136. The number of benzene rings is 1. The first-order valence-corrected chi connectivity index (χ1v) is 6.90. The molecule has 24 heavy (non-hydrogen) atoms. The number of aryl methyl sites for hydroxylation is 1. The van der Waals surface area contributed by atoms with Gasteiger partial charge in [0.05, 0.1) is 12.0 Å². The summed E-state index contributed by atoms with van der Waals surface area (Å²) in [4.78, 5) is 26.5. The van der Waals surface area contributed by atoms with Gasteiger partial charge in [-0.25, -0.2) is 9.79 Å². The molecule has 0 saturated heterocycles. The summed E-state index contributed by atoms with van der Waals surface area (Å²) in [6.45, 7) is 1.78. The Labute approximate surface area is 136 Å². The van der Waals surface area contributed by atoms with Crippen molar-refractivity contribution in [3.05, 3.63) is 63.2 Å². The third-order valence-electron chi connectivity index (χ3n) is 3.28. The molecule has 0 radical (unpaired) electrons. The van der Waals surface area contributed by atoms with Crippen molar-refractivity contribution in [3.8, 4) is 5.75 Å². The fourth-order valence-corrected chi connectivity index (χ4v) is 2.16. The first-order chi connectivity index (χ1) is 11.5. The van der Waals surface area contributed by atoms with Crippen LogP contribution in [0.25, 0.3) is 6.08 Å². The van der Waals surface area contributed by atoms with E-state index in [1.807, 2.05) is 0 Å². The van der Waals surface area contributed by atoms with Crippen molar-refractivity contribution >= 4 is 23.6 Å². The fraction of sp³-hybridized carbons (Fsp3) is 0.125. The second-order valence-electron chi connectivity index (χ2n) is 4.93. The molecule has 0 aliphatic carbocycles. The summed E-state index contributed by atoms with van der Waals surface area (Å²) in [6.07, 6.45) is 1.44. The maximum absolute atomic E-state index is 11.9. The largest absolute Gasteiger partial charge is 0.490 e. The van der Waals surface area contributed by atoms with Gasteiger partial charge in [-0.3, -0.25) is 10.1 Å². The normalized spacial score (nSPS) is 15.3. The number of furan rings is 1. The Morgan fingerprint density at radius 2 is 2.08 bits per heavy atom. The van der Waals surface area contributed by atoms with Gasteiger partial charge in [0.15, 0.2) is 11.4 Å². The van der Waals surface area contributed by atoms with Gasteiger partial charge in [-0.2, -0.15) is 0 Å². The van der Waals surface area contributed by atoms with E-state index in [0.29, 0.717) is 17.1 Å². The summed E-state index contributed by atoms with van der Waals surface area (Å²) < 4.78 is 15.4. The molecule has 2 heterocycles. The second-order valence-corrected chi connectivity index (χ2v) is 4.93. The van der Waals surface area contributed by atoms with Crippen molar-refractivity contribution in [2.75, 3.05) is 7.11 Å². The molecule has 0 unspecified atom stereocenters. The van der Waals surface area contributed by atoms with Crippen molar-refractivity contribution in [2.45, 2.75) is 6.92 Å². The predicted octanol–water partition coefficient (Wildman–Crippen LogP) is 2.85. The minimum Gasteiger partial charge on any atom is -0.490 e. The predicted molar refractivity (Wildman–Crippen MR) is 83.7 cm³/mol. The van der Waals surface area contributed by atoms with Crippen LogP contribution in [0.3, 0.4) is 0 Å². The second kappa shape index (κ2) is 5.99. The van der Waals surface area contributed by atoms with Crippen molar-refractivity contribution < 1.29 is 23.6 Å². The molecule has 1 aromatic heterocycles. The van der Waals surface area contributed by atoms with Crippen molar-refractivity contribution in [1.29, 1.82) is 0 Å². The van der Waals surface area contributed by atoms with Gasteiger partial charge in [-0.1, -0.05) is 0 Å². The minimum atomic E-state index is -0.655. The fourth-order valence-electron chi connectivity index (χ4n) is 2.16. The number of nitrogens with zero attached hydrogens (tertiary/aromatic N) is 2. The number of hydrogen-bond acceptors (Lipinski definition) is 7. The molecule has 0 spiro atoms. The van der Waals surface area contributed by atoms with E-state index in [1.54, 1.807) is 19.1 Å². The molecule has 8 heteroatoms. The first kappa shape index (κ1) is 15.5. The van der Waals surface area contributed by atoms with E-state index in [4.69, 9.17) is 13.9 Å². The van der Waals surface area contributed by atoms with Crippen molar-refractivity contribution in [1.82, 2.24) is 0 Å². The molecule has 0 N–H and O–H groups in total. The standard InChI is InChI=1S/C16H12N2O6/c1-9-3-5-11(23-9)8-12-16(19)24-15(17-12)10-4-6-14(22-2)13(7-10)18(20)21/h3-8H,1-2H3/b12-8-. The Hall–Kier alpha value is -3.42. The van der Waals surface area contributed by atoms with E-state index in [0.717, 1.165) is 0 Å². The summed E-state index contributed by atoms with van der Waals surface area (Å²) in [5.74, 6) is 0.599. The van der Waals surface area contributed by atoms with Crippen LogP contribution in [-0.4, -0.2) is 23.9 Å². The Balaban J connectivity index is 1.97. The molecule has 8 nitrogen and oxygen atoms in total. The van der Waals surface area contributed by atoms with E-state index in [2.05, 4.69) is 4.99 Å². The highest BCUT2D eigenvalue weighted by Crippen LogP contribution is 2.29. The lowest BCUT2D eigenvalue weighted by molar-refractivity contribution is -0.385. The van der Waals surface area contributed by atoms with Crippen LogP contribution in [0.2, 0.25) is 0 Å². The van der Waals surface area contributed by atoms with Gasteiger partial charge in [-0.15, -0.1) is 0 Å². The Bertz CT molecular complexity index is 894. The number of carbonyl (C=O) groups excluding carboxylic acids is 1. The molecule has 1 aliphatic rings. The van der Waals surface area contributed by atoms with Gasteiger partial charge in [0.1, 0.15) is 11.5 Å². The van der Waals surface area contributed by atoms with E-state index in [9.17, 15) is 14.9 Å². The molecular weight excluding hydrogens is 316 g/mol. The number of methoxy groups -OCH3 is 1. The Kier molecular flexibility index (Phi) is 3.87. The molecule has 0 amide bonds. The van der Waals surface area contributed by atoms with Gasteiger partial charge >= 0.3 is 11.7 Å². The third-order valence-corrected chi connectivity index (χ3v) is 3.28. The SMILES string of the molecule is COc1ccc(C2=N/C(=C\c3ccc(C)o3)C(=O)O2)cc1[N+](=O)[O-]. The number of esters is 1. The van der Waals surface area contributed by atoms with Gasteiger partial charge in [-0.05, 0) is 31.2 Å². The quantitative estimate of drug-likeness (QED) is 0.370. The highest BCUT2D eigenvalue weighted by Gasteiger charge is 2.27. The van der Waals surface area contributed by atoms with E-state index in [1.165, 1.54) is 31.4 Å². The topological polar surface area (TPSA) is 104 Å². The Morgan fingerprint density at radius 1 is 1.29 bits per heavy atom. The van der Waals surface area contributed by atoms with Gasteiger partial charge in [0, 0.05) is 17.7 Å². The molecule has 0 atom stereocenters. The molecule has 122 valence electrons. The first-order valence-electron chi connectivity index (χ1n) is 6.90. The van der Waals surface area contributed by atoms with E-state index < -0.39 is 10.9 Å². The summed E-state index contributed by atoms with van der Waals surface area (Å²) in [6, 6.07) is 7.63. The lowest BCUT2D eigenvalue weighted by Gasteiger charge is -2.03. The van der Waals surface area contributed by atoms with E-state index in [-0.39, 0.29) is 23.0 Å². The average molecular weight is 328 g/mol. The highest BCUT2D eigenvalue weighted by molar-refractivity contribution is 6.13. The third kappa shape index (κ3) is 2.89. The van der Waals surface area contributed by atoms with Crippen LogP contribution in [0.5, 0.6) is 5.75 Å². The van der Waals surface area contributed by atoms with Crippen LogP contribution in [0.4, 0.5) is 5.69 Å². The van der Waals surface area contributed by atoms with Crippen LogP contribution in [0.15, 0.2) is 45.4 Å². The number of ether oxygens (including phenoxy) is 2.